The average molecular weight is 925 g/mol. The normalized spacial score (nSPS) is 22.0. The Bertz CT molecular complexity index is 2570. The third-order valence-electron chi connectivity index (χ3n) is 13.3. The molecule has 3 aliphatic rings. The van der Waals surface area contributed by atoms with Crippen molar-refractivity contribution in [3.8, 4) is 34.4 Å². The zero-order valence-corrected chi connectivity index (χ0v) is 40.7. The molecule has 15 nitrogen and oxygen atoms in total. The Morgan fingerprint density at radius 1 is 1.17 bits per heavy atom. The number of aromatic nitrogens is 3. The summed E-state index contributed by atoms with van der Waals surface area (Å²) in [6, 6.07) is 7.58. The first-order chi connectivity index (χ1) is 31.5. The number of likely N-dealkylation sites (tertiary alicyclic amines) is 1. The molecule has 0 unspecified atom stereocenters. The Morgan fingerprint density at radius 2 is 1.94 bits per heavy atom. The van der Waals surface area contributed by atoms with Crippen LogP contribution in [0.4, 0.5) is 0 Å². The highest BCUT2D eigenvalue weighted by molar-refractivity contribution is 7.10. The monoisotopic (exact) mass is 924 g/mol. The number of amides is 4. The van der Waals surface area contributed by atoms with E-state index in [-0.39, 0.29) is 52.2 Å². The molecule has 66 heavy (non-hydrogen) atoms. The van der Waals surface area contributed by atoms with Crippen molar-refractivity contribution in [1.82, 2.24) is 40.1 Å². The summed E-state index contributed by atoms with van der Waals surface area (Å²) < 4.78 is 14.2. The highest BCUT2D eigenvalue weighted by Crippen LogP contribution is 2.42. The quantitative estimate of drug-likeness (QED) is 0.144. The summed E-state index contributed by atoms with van der Waals surface area (Å²) >= 11 is 1.40. The van der Waals surface area contributed by atoms with Crippen molar-refractivity contribution in [3.63, 3.8) is 0 Å². The smallest absolute Gasteiger partial charge is 0.324 e. The number of nitrogens with one attached hydrogen (secondary N) is 2. The lowest BCUT2D eigenvalue weighted by molar-refractivity contribution is -0.155. The Labute approximate surface area is 394 Å². The van der Waals surface area contributed by atoms with E-state index in [1.54, 1.807) is 32.2 Å². The van der Waals surface area contributed by atoms with Gasteiger partial charge in [-0.1, -0.05) is 46.6 Å². The van der Waals surface area contributed by atoms with E-state index in [0.717, 1.165) is 44.7 Å². The zero-order chi connectivity index (χ0) is 47.6. The highest BCUT2D eigenvalue weighted by atomic mass is 32.1. The van der Waals surface area contributed by atoms with Crippen molar-refractivity contribution in [1.29, 1.82) is 0 Å². The summed E-state index contributed by atoms with van der Waals surface area (Å²) in [6.45, 7) is 17.3. The molecule has 2 saturated heterocycles. The van der Waals surface area contributed by atoms with Crippen LogP contribution in [-0.4, -0.2) is 117 Å². The molecule has 4 aromatic rings. The largest absolute Gasteiger partial charge is 0.464 e. The minimum Gasteiger partial charge on any atom is -0.464 e. The van der Waals surface area contributed by atoms with Crippen molar-refractivity contribution >= 4 is 51.8 Å². The molecule has 3 aliphatic heterocycles. The standard InChI is InChI=1S/C50H64N8O7S.2H2/c1-11-15-42(59)56-25-30(5)36(26-56)47(61)55(9)44(29(3)4)46(60)53-38-23-41-52-39(27-66-41)32-18-19-40-34(22-32)35(45(57(40)12-2)33-16-13-20-51-43(33)31(6)64-10)24-50(7,8)28-65-49(63)37-17-14-21-58(54-37)48(38)62;;/h13,16,18-20,22,27,29-31,36-38,44,54H,12,14,17,21,23-26,28H2,1-10H3,(H,53,60);2*1H/t30-,31-,36+,37-,38-,44-;;/m0../s1. The number of aryl methyl sites for hydroxylation is 1. The lowest BCUT2D eigenvalue weighted by Crippen LogP contribution is -2.62. The van der Waals surface area contributed by atoms with Gasteiger partial charge in [0.2, 0.25) is 11.8 Å². The number of hydrogen-bond donors (Lipinski definition) is 2. The number of cyclic esters (lactones) is 1. The van der Waals surface area contributed by atoms with Crippen LogP contribution in [0.5, 0.6) is 0 Å². The zero-order valence-electron chi connectivity index (χ0n) is 39.9. The van der Waals surface area contributed by atoms with Crippen molar-refractivity contribution in [2.24, 2.45) is 23.2 Å². The third kappa shape index (κ3) is 9.89. The summed E-state index contributed by atoms with van der Waals surface area (Å²) in [6.07, 6.45) is 3.17. The molecule has 6 heterocycles. The fourth-order valence-corrected chi connectivity index (χ4v) is 10.6. The molecule has 1 aromatic carbocycles. The lowest BCUT2D eigenvalue weighted by atomic mass is 9.84. The van der Waals surface area contributed by atoms with E-state index < -0.39 is 47.2 Å². The number of esters is 1. The van der Waals surface area contributed by atoms with E-state index in [1.165, 1.54) is 21.2 Å². The van der Waals surface area contributed by atoms with E-state index in [0.29, 0.717) is 43.9 Å². The fraction of sp³-hybridized carbons (Fsp3) is 0.540. The Morgan fingerprint density at radius 3 is 2.65 bits per heavy atom. The van der Waals surface area contributed by atoms with E-state index >= 15 is 0 Å². The maximum atomic E-state index is 14.7. The molecule has 6 bridgehead atoms. The number of carbonyl (C=O) groups excluding carboxylic acids is 5. The number of methoxy groups -OCH3 is 1. The number of rotatable bonds is 9. The first-order valence-electron chi connectivity index (χ1n) is 23.1. The molecular formula is C50H68N8O7S. The number of pyridine rings is 1. The second kappa shape index (κ2) is 20.1. The molecule has 0 radical (unpaired) electrons. The molecule has 0 aliphatic carbocycles. The van der Waals surface area contributed by atoms with Crippen LogP contribution < -0.4 is 10.7 Å². The second-order valence-electron chi connectivity index (χ2n) is 19.1. The number of nitrogens with zero attached hydrogens (tertiary/aromatic N) is 6. The van der Waals surface area contributed by atoms with Gasteiger partial charge in [0, 0.05) is 88.6 Å². The van der Waals surface area contributed by atoms with Gasteiger partial charge in [0.25, 0.3) is 11.8 Å². The van der Waals surface area contributed by atoms with E-state index in [9.17, 15) is 24.0 Å². The minimum atomic E-state index is -1.09. The van der Waals surface area contributed by atoms with Crippen molar-refractivity contribution in [2.45, 2.75) is 112 Å². The lowest BCUT2D eigenvalue weighted by Gasteiger charge is -2.37. The number of thiazole rings is 1. The van der Waals surface area contributed by atoms with Crippen LogP contribution in [0.3, 0.4) is 0 Å². The molecule has 356 valence electrons. The predicted octanol–water partition coefficient (Wildman–Crippen LogP) is 6.30. The number of benzene rings is 1. The van der Waals surface area contributed by atoms with Gasteiger partial charge in [-0.3, -0.25) is 34.0 Å². The molecule has 4 amide bonds. The molecule has 3 aromatic heterocycles. The highest BCUT2D eigenvalue weighted by Gasteiger charge is 2.43. The maximum absolute atomic E-state index is 14.7. The molecule has 0 saturated carbocycles. The van der Waals surface area contributed by atoms with Gasteiger partial charge in [0.1, 0.15) is 18.1 Å². The molecule has 2 fully saturated rings. The van der Waals surface area contributed by atoms with Crippen LogP contribution in [-0.2, 0) is 52.8 Å². The summed E-state index contributed by atoms with van der Waals surface area (Å²) in [5.74, 6) is 2.24. The van der Waals surface area contributed by atoms with Gasteiger partial charge in [0.15, 0.2) is 0 Å². The van der Waals surface area contributed by atoms with Crippen molar-refractivity contribution in [3.05, 3.63) is 58.2 Å². The van der Waals surface area contributed by atoms with Crippen LogP contribution in [0.1, 0.15) is 93.5 Å². The Balaban J connectivity index is 0.00000432. The summed E-state index contributed by atoms with van der Waals surface area (Å²) in [5, 5.41) is 8.10. The average Bonchev–Trinajstić information content (AvgIpc) is 4.02. The Hall–Kier alpha value is -5.63. The predicted molar refractivity (Wildman–Crippen MR) is 258 cm³/mol. The summed E-state index contributed by atoms with van der Waals surface area (Å²) in [5.41, 5.74) is 9.24. The fourth-order valence-electron chi connectivity index (χ4n) is 9.79. The van der Waals surface area contributed by atoms with Gasteiger partial charge in [-0.25, -0.2) is 10.4 Å². The van der Waals surface area contributed by atoms with E-state index in [1.807, 2.05) is 39.1 Å². The first kappa shape index (κ1) is 48.3. The maximum Gasteiger partial charge on any atom is 0.324 e. The summed E-state index contributed by atoms with van der Waals surface area (Å²) in [7, 11) is 3.29. The molecule has 16 heteroatoms. The number of ether oxygens (including phenoxy) is 2. The molecule has 2 N–H and O–H groups in total. The molecule has 6 atom stereocenters. The van der Waals surface area contributed by atoms with E-state index in [2.05, 4.69) is 72.2 Å². The van der Waals surface area contributed by atoms with Crippen LogP contribution in [0.25, 0.3) is 33.4 Å². The van der Waals surface area contributed by atoms with Gasteiger partial charge in [-0.05, 0) is 87.6 Å². The molecular weight excluding hydrogens is 857 g/mol. The molecule has 0 spiro atoms. The van der Waals surface area contributed by atoms with E-state index in [4.69, 9.17) is 19.4 Å². The van der Waals surface area contributed by atoms with Crippen LogP contribution in [0, 0.1) is 35.0 Å². The SMILES string of the molecule is CC#CC(=O)N1C[C@H](C)[C@H](C(=O)N(C)[C@H](C(=O)N[C@H]2Cc3nc(cs3)-c3ccc4c(c3)c(c(-c3cccnc3[C@H](C)OC)n4CC)CC(C)(C)COC(=O)[C@@H]3CCCN(N3)C2=O)C(C)C)C1.[HH].[HH]. The number of hydrazine groups is 1. The minimum absolute atomic E-state index is 0. The Kier molecular flexibility index (Phi) is 14.7. The second-order valence-corrected chi connectivity index (χ2v) is 20.0. The van der Waals surface area contributed by atoms with Gasteiger partial charge >= 0.3 is 5.97 Å². The number of likely N-dealkylation sites (N-methyl/N-ethyl adjacent to an activating group) is 1. The van der Waals surface area contributed by atoms with Crippen LogP contribution in [0.15, 0.2) is 41.9 Å². The third-order valence-corrected chi connectivity index (χ3v) is 14.1. The van der Waals surface area contributed by atoms with Gasteiger partial charge in [-0.2, -0.15) is 0 Å². The molecule has 7 rings (SSSR count). The number of hydrogen-bond acceptors (Lipinski definition) is 11. The van der Waals surface area contributed by atoms with Crippen LogP contribution in [0.2, 0.25) is 0 Å². The van der Waals surface area contributed by atoms with Crippen molar-refractivity contribution in [2.75, 3.05) is 40.4 Å². The number of carbonyl (C=O) groups is 5. The summed E-state index contributed by atoms with van der Waals surface area (Å²) in [4.78, 5) is 82.7. The van der Waals surface area contributed by atoms with Crippen LogP contribution >= 0.6 is 11.3 Å². The van der Waals surface area contributed by atoms with Gasteiger partial charge in [-0.15, -0.1) is 11.3 Å². The van der Waals surface area contributed by atoms with Gasteiger partial charge in [0.05, 0.1) is 40.7 Å². The van der Waals surface area contributed by atoms with Gasteiger partial charge < -0.3 is 29.2 Å². The van der Waals surface area contributed by atoms with Crippen molar-refractivity contribution < 1.29 is 36.3 Å². The number of fused-ring (bicyclic) bond motifs is 6. The first-order valence-corrected chi connectivity index (χ1v) is 24.0. The topological polar surface area (TPSA) is 168 Å².